The van der Waals surface area contributed by atoms with Crippen molar-refractivity contribution >= 4 is 16.9 Å². The number of rotatable bonds is 7. The quantitative estimate of drug-likeness (QED) is 0.825. The van der Waals surface area contributed by atoms with Crippen LogP contribution in [0.5, 0.6) is 0 Å². The lowest BCUT2D eigenvalue weighted by molar-refractivity contribution is -0.121. The molecule has 2 heterocycles. The van der Waals surface area contributed by atoms with Crippen molar-refractivity contribution in [2.45, 2.75) is 52.1 Å². The predicted molar refractivity (Wildman–Crippen MR) is 104 cm³/mol. The van der Waals surface area contributed by atoms with Crippen molar-refractivity contribution in [1.82, 2.24) is 19.4 Å². The Hall–Kier alpha value is -2.08. The van der Waals surface area contributed by atoms with Crippen LogP contribution in [-0.2, 0) is 17.9 Å². The molecule has 0 unspecified atom stereocenters. The van der Waals surface area contributed by atoms with Crippen LogP contribution >= 0.6 is 0 Å². The second-order valence-corrected chi connectivity index (χ2v) is 7.02. The van der Waals surface area contributed by atoms with E-state index in [4.69, 9.17) is 0 Å². The van der Waals surface area contributed by atoms with E-state index in [1.165, 1.54) is 25.7 Å². The smallest absolute Gasteiger partial charge is 0.329 e. The van der Waals surface area contributed by atoms with Crippen molar-refractivity contribution in [2.75, 3.05) is 26.2 Å². The van der Waals surface area contributed by atoms with Crippen LogP contribution < -0.4 is 11.0 Å². The summed E-state index contributed by atoms with van der Waals surface area (Å²) in [7, 11) is 0. The minimum atomic E-state index is -0.0360. The molecule has 1 aromatic heterocycles. The number of carbonyl (C=O) groups excluding carboxylic acids is 1. The van der Waals surface area contributed by atoms with E-state index < -0.39 is 0 Å². The lowest BCUT2D eigenvalue weighted by Gasteiger charge is -2.19. The van der Waals surface area contributed by atoms with E-state index in [9.17, 15) is 9.59 Å². The molecule has 26 heavy (non-hydrogen) atoms. The van der Waals surface area contributed by atoms with Gasteiger partial charge in [-0.1, -0.05) is 25.0 Å². The average molecular weight is 358 g/mol. The third-order valence-electron chi connectivity index (χ3n) is 5.25. The molecule has 2 aromatic rings. The van der Waals surface area contributed by atoms with Crippen LogP contribution in [0.2, 0.25) is 0 Å². The summed E-state index contributed by atoms with van der Waals surface area (Å²) in [4.78, 5) is 27.2. The molecule has 1 saturated heterocycles. The number of benzene rings is 1. The summed E-state index contributed by atoms with van der Waals surface area (Å²) in [6.07, 6.45) is 5.50. The zero-order valence-corrected chi connectivity index (χ0v) is 15.7. The highest BCUT2D eigenvalue weighted by molar-refractivity contribution is 5.78. The molecule has 142 valence electrons. The molecule has 0 atom stereocenters. The lowest BCUT2D eigenvalue weighted by Crippen LogP contribution is -2.36. The van der Waals surface area contributed by atoms with Gasteiger partial charge in [0.1, 0.15) is 0 Å². The number of hydrogen-bond acceptors (Lipinski definition) is 3. The van der Waals surface area contributed by atoms with Gasteiger partial charge in [-0.05, 0) is 45.0 Å². The Labute approximate surface area is 154 Å². The molecule has 1 amide bonds. The minimum Gasteiger partial charge on any atom is -0.355 e. The molecule has 1 aromatic carbocycles. The van der Waals surface area contributed by atoms with E-state index in [2.05, 4.69) is 10.2 Å². The van der Waals surface area contributed by atoms with Gasteiger partial charge < -0.3 is 10.2 Å². The van der Waals surface area contributed by atoms with Crippen LogP contribution in [0.4, 0.5) is 0 Å². The Morgan fingerprint density at radius 3 is 2.31 bits per heavy atom. The maximum atomic E-state index is 12.6. The van der Waals surface area contributed by atoms with Crippen molar-refractivity contribution < 1.29 is 4.79 Å². The molecule has 1 aliphatic rings. The molecule has 3 rings (SSSR count). The zero-order valence-electron chi connectivity index (χ0n) is 15.7. The summed E-state index contributed by atoms with van der Waals surface area (Å²) in [5.41, 5.74) is 1.80. The molecule has 6 nitrogen and oxygen atoms in total. The molecule has 1 N–H and O–H groups in total. The van der Waals surface area contributed by atoms with E-state index in [0.717, 1.165) is 30.7 Å². The number of nitrogens with zero attached hydrogens (tertiary/aromatic N) is 3. The average Bonchev–Trinajstić information content (AvgIpc) is 2.80. The fraction of sp³-hybridized carbons (Fsp3) is 0.600. The SMILES string of the molecule is CCn1c(=O)n(CCC(=O)NCCN2CCCCCC2)c2ccccc21. The van der Waals surface area contributed by atoms with E-state index in [-0.39, 0.29) is 11.6 Å². The van der Waals surface area contributed by atoms with Crippen molar-refractivity contribution in [3.8, 4) is 0 Å². The van der Waals surface area contributed by atoms with Crippen molar-refractivity contribution in [3.05, 3.63) is 34.7 Å². The Kier molecular flexibility index (Phi) is 6.50. The summed E-state index contributed by atoms with van der Waals surface area (Å²) in [5.74, 6) is 0.0139. The van der Waals surface area contributed by atoms with Gasteiger partial charge in [0, 0.05) is 32.6 Å². The number of nitrogens with one attached hydrogen (secondary N) is 1. The normalized spacial score (nSPS) is 15.9. The number of para-hydroxylation sites is 2. The number of imidazole rings is 1. The fourth-order valence-corrected chi connectivity index (χ4v) is 3.81. The Balaban J connectivity index is 1.52. The number of aryl methyl sites for hydroxylation is 2. The third-order valence-corrected chi connectivity index (χ3v) is 5.25. The molecule has 6 heteroatoms. The number of amides is 1. The van der Waals surface area contributed by atoms with Crippen LogP contribution in [0.3, 0.4) is 0 Å². The first kappa shape index (κ1) is 18.7. The standard InChI is InChI=1S/C20H30N4O2/c1-2-23-17-9-5-6-10-18(17)24(20(23)26)15-11-19(25)21-12-16-22-13-7-3-4-8-14-22/h5-6,9-10H,2-4,7-8,11-16H2,1H3,(H,21,25). The van der Waals surface area contributed by atoms with Gasteiger partial charge in [0.2, 0.25) is 5.91 Å². The molecule has 1 fully saturated rings. The van der Waals surface area contributed by atoms with Crippen LogP contribution in [-0.4, -0.2) is 46.1 Å². The van der Waals surface area contributed by atoms with Crippen LogP contribution in [0.15, 0.2) is 29.1 Å². The first-order valence-corrected chi connectivity index (χ1v) is 9.88. The predicted octanol–water partition coefficient (Wildman–Crippen LogP) is 2.21. The number of hydrogen-bond donors (Lipinski definition) is 1. The highest BCUT2D eigenvalue weighted by Gasteiger charge is 2.13. The Bertz CT molecular complexity index is 785. The van der Waals surface area contributed by atoms with E-state index in [1.54, 1.807) is 9.13 Å². The maximum Gasteiger partial charge on any atom is 0.329 e. The summed E-state index contributed by atoms with van der Waals surface area (Å²) < 4.78 is 3.47. The topological polar surface area (TPSA) is 59.3 Å². The summed E-state index contributed by atoms with van der Waals surface area (Å²) in [6, 6.07) is 7.77. The molecular weight excluding hydrogens is 328 g/mol. The van der Waals surface area contributed by atoms with Crippen LogP contribution in [0, 0.1) is 0 Å². The molecule has 0 radical (unpaired) electrons. The first-order valence-electron chi connectivity index (χ1n) is 9.88. The van der Waals surface area contributed by atoms with Crippen LogP contribution in [0.1, 0.15) is 39.0 Å². The molecule has 0 spiro atoms. The molecule has 0 aliphatic carbocycles. The molecule has 0 saturated carbocycles. The first-order chi connectivity index (χ1) is 12.7. The molecular formula is C20H30N4O2. The Morgan fingerprint density at radius 2 is 1.65 bits per heavy atom. The summed E-state index contributed by atoms with van der Waals surface area (Å²) in [6.45, 7) is 6.90. The number of fused-ring (bicyclic) bond motifs is 1. The van der Waals surface area contributed by atoms with E-state index in [0.29, 0.717) is 26.1 Å². The number of carbonyl (C=O) groups is 1. The van der Waals surface area contributed by atoms with E-state index in [1.807, 2.05) is 31.2 Å². The maximum absolute atomic E-state index is 12.6. The molecule has 1 aliphatic heterocycles. The van der Waals surface area contributed by atoms with Gasteiger partial charge in [-0.2, -0.15) is 0 Å². The van der Waals surface area contributed by atoms with E-state index >= 15 is 0 Å². The fourth-order valence-electron chi connectivity index (χ4n) is 3.81. The van der Waals surface area contributed by atoms with Gasteiger partial charge >= 0.3 is 5.69 Å². The largest absolute Gasteiger partial charge is 0.355 e. The van der Waals surface area contributed by atoms with Gasteiger partial charge in [-0.25, -0.2) is 4.79 Å². The lowest BCUT2D eigenvalue weighted by atomic mass is 10.2. The van der Waals surface area contributed by atoms with Crippen molar-refractivity contribution in [3.63, 3.8) is 0 Å². The highest BCUT2D eigenvalue weighted by atomic mass is 16.2. The van der Waals surface area contributed by atoms with Crippen LogP contribution in [0.25, 0.3) is 11.0 Å². The monoisotopic (exact) mass is 358 g/mol. The van der Waals surface area contributed by atoms with Crippen molar-refractivity contribution in [1.29, 1.82) is 0 Å². The zero-order chi connectivity index (χ0) is 18.4. The third kappa shape index (κ3) is 4.36. The van der Waals surface area contributed by atoms with Gasteiger partial charge in [0.15, 0.2) is 0 Å². The second kappa shape index (κ2) is 9.03. The number of likely N-dealkylation sites (tertiary alicyclic amines) is 1. The van der Waals surface area contributed by atoms with Crippen molar-refractivity contribution in [2.24, 2.45) is 0 Å². The number of aromatic nitrogens is 2. The molecule has 0 bridgehead atoms. The summed E-state index contributed by atoms with van der Waals surface area (Å²) >= 11 is 0. The van der Waals surface area contributed by atoms with Gasteiger partial charge in [-0.15, -0.1) is 0 Å². The van der Waals surface area contributed by atoms with Gasteiger partial charge in [-0.3, -0.25) is 13.9 Å². The highest BCUT2D eigenvalue weighted by Crippen LogP contribution is 2.13. The Morgan fingerprint density at radius 1 is 1.00 bits per heavy atom. The second-order valence-electron chi connectivity index (χ2n) is 7.02. The van der Waals surface area contributed by atoms with Gasteiger partial charge in [0.05, 0.1) is 11.0 Å². The summed E-state index contributed by atoms with van der Waals surface area (Å²) in [5, 5.41) is 3.01. The van der Waals surface area contributed by atoms with Gasteiger partial charge in [0.25, 0.3) is 0 Å². The minimum absolute atomic E-state index is 0.0139.